The fourth-order valence-corrected chi connectivity index (χ4v) is 2.62. The van der Waals surface area contributed by atoms with Crippen molar-refractivity contribution >= 4 is 22.6 Å². The smallest absolute Gasteiger partial charge is 0.413 e. The lowest BCUT2D eigenvalue weighted by molar-refractivity contribution is 0.0636. The third-order valence-electron chi connectivity index (χ3n) is 2.73. The fourth-order valence-electron chi connectivity index (χ4n) is 1.83. The van der Waals surface area contributed by atoms with Gasteiger partial charge < -0.3 is 9.84 Å². The molecule has 0 saturated heterocycles. The molecular weight excluding hydrogens is 300 g/mol. The van der Waals surface area contributed by atoms with Crippen molar-refractivity contribution in [1.29, 1.82) is 0 Å². The molecule has 0 spiro atoms. The molecule has 1 aromatic carbocycles. The van der Waals surface area contributed by atoms with Crippen LogP contribution in [0, 0.1) is 0 Å². The summed E-state index contributed by atoms with van der Waals surface area (Å²) < 4.78 is 5.16. The maximum atomic E-state index is 11.7. The van der Waals surface area contributed by atoms with Crippen LogP contribution in [-0.2, 0) is 11.2 Å². The molecule has 2 N–H and O–H groups in total. The maximum Gasteiger partial charge on any atom is 0.413 e. The van der Waals surface area contributed by atoms with Gasteiger partial charge in [-0.05, 0) is 26.3 Å². The number of carbonyl (C=O) groups is 1. The SMILES string of the molecule is CC(C)(C)OC(=O)Nc1ncc(C(O)Cc2ccccc2)s1. The van der Waals surface area contributed by atoms with Crippen molar-refractivity contribution in [2.45, 2.75) is 38.9 Å². The second kappa shape index (κ2) is 6.89. The minimum atomic E-state index is -0.644. The van der Waals surface area contributed by atoms with Gasteiger partial charge in [0.15, 0.2) is 5.13 Å². The van der Waals surface area contributed by atoms with Crippen molar-refractivity contribution in [3.8, 4) is 0 Å². The Morgan fingerprint density at radius 2 is 2.05 bits per heavy atom. The van der Waals surface area contributed by atoms with Gasteiger partial charge in [0, 0.05) is 12.6 Å². The molecule has 118 valence electrons. The summed E-state index contributed by atoms with van der Waals surface area (Å²) in [6, 6.07) is 9.73. The average molecular weight is 320 g/mol. The first-order valence-electron chi connectivity index (χ1n) is 7.01. The van der Waals surface area contributed by atoms with Gasteiger partial charge in [0.2, 0.25) is 0 Å². The molecule has 0 aliphatic rings. The lowest BCUT2D eigenvalue weighted by Crippen LogP contribution is -2.27. The average Bonchev–Trinajstić information content (AvgIpc) is 2.86. The van der Waals surface area contributed by atoms with E-state index in [1.54, 1.807) is 27.0 Å². The highest BCUT2D eigenvalue weighted by atomic mass is 32.1. The summed E-state index contributed by atoms with van der Waals surface area (Å²) in [4.78, 5) is 16.5. The number of thiazole rings is 1. The minimum Gasteiger partial charge on any atom is -0.444 e. The zero-order valence-electron chi connectivity index (χ0n) is 12.9. The van der Waals surface area contributed by atoms with Gasteiger partial charge in [0.05, 0.1) is 11.0 Å². The van der Waals surface area contributed by atoms with Crippen LogP contribution >= 0.6 is 11.3 Å². The van der Waals surface area contributed by atoms with E-state index >= 15 is 0 Å². The lowest BCUT2D eigenvalue weighted by atomic mass is 10.1. The Bertz CT molecular complexity index is 620. The lowest BCUT2D eigenvalue weighted by Gasteiger charge is -2.18. The summed E-state index contributed by atoms with van der Waals surface area (Å²) in [5.74, 6) is 0. The normalized spacial score (nSPS) is 12.7. The van der Waals surface area contributed by atoms with E-state index < -0.39 is 17.8 Å². The Morgan fingerprint density at radius 1 is 1.36 bits per heavy atom. The highest BCUT2D eigenvalue weighted by Gasteiger charge is 2.18. The fraction of sp³-hybridized carbons (Fsp3) is 0.375. The molecule has 1 atom stereocenters. The summed E-state index contributed by atoms with van der Waals surface area (Å²) >= 11 is 1.24. The number of aliphatic hydroxyl groups excluding tert-OH is 1. The highest BCUT2D eigenvalue weighted by Crippen LogP contribution is 2.27. The summed E-state index contributed by atoms with van der Waals surface area (Å²) in [7, 11) is 0. The Kier molecular flexibility index (Phi) is 5.15. The Balaban J connectivity index is 1.94. The van der Waals surface area contributed by atoms with Gasteiger partial charge in [-0.2, -0.15) is 0 Å². The second-order valence-corrected chi connectivity index (χ2v) is 6.96. The number of carbonyl (C=O) groups excluding carboxylic acids is 1. The van der Waals surface area contributed by atoms with E-state index in [0.717, 1.165) is 5.56 Å². The largest absolute Gasteiger partial charge is 0.444 e. The molecule has 1 amide bonds. The topological polar surface area (TPSA) is 71.5 Å². The van der Waals surface area contributed by atoms with Gasteiger partial charge in [-0.3, -0.25) is 5.32 Å². The summed E-state index contributed by atoms with van der Waals surface area (Å²) in [6.07, 6.45) is 0.889. The van der Waals surface area contributed by atoms with Gasteiger partial charge in [-0.15, -0.1) is 0 Å². The molecule has 1 aromatic heterocycles. The third-order valence-corrected chi connectivity index (χ3v) is 3.75. The van der Waals surface area contributed by atoms with Crippen LogP contribution < -0.4 is 5.32 Å². The van der Waals surface area contributed by atoms with E-state index in [1.165, 1.54) is 11.3 Å². The quantitative estimate of drug-likeness (QED) is 0.899. The van der Waals surface area contributed by atoms with Crippen LogP contribution in [0.1, 0.15) is 37.3 Å². The van der Waals surface area contributed by atoms with E-state index in [9.17, 15) is 9.90 Å². The predicted octanol–water partition coefficient (Wildman–Crippen LogP) is 3.77. The zero-order chi connectivity index (χ0) is 16.2. The molecule has 0 saturated carbocycles. The van der Waals surface area contributed by atoms with Crippen LogP contribution in [0.4, 0.5) is 9.93 Å². The summed E-state index contributed by atoms with van der Waals surface area (Å²) in [5.41, 5.74) is 0.488. The van der Waals surface area contributed by atoms with Crippen LogP contribution in [0.15, 0.2) is 36.5 Å². The van der Waals surface area contributed by atoms with Crippen molar-refractivity contribution in [3.05, 3.63) is 47.0 Å². The molecular formula is C16H20N2O3S. The van der Waals surface area contributed by atoms with E-state index in [2.05, 4.69) is 10.3 Å². The van der Waals surface area contributed by atoms with Crippen LogP contribution in [0.2, 0.25) is 0 Å². The van der Waals surface area contributed by atoms with Crippen molar-refractivity contribution in [2.24, 2.45) is 0 Å². The number of aromatic nitrogens is 1. The number of hydrogen-bond donors (Lipinski definition) is 2. The molecule has 0 aliphatic heterocycles. The number of amides is 1. The van der Waals surface area contributed by atoms with Gasteiger partial charge in [-0.25, -0.2) is 9.78 Å². The first-order valence-corrected chi connectivity index (χ1v) is 7.83. The number of benzene rings is 1. The molecule has 0 bridgehead atoms. The van der Waals surface area contributed by atoms with Gasteiger partial charge in [-0.1, -0.05) is 41.7 Å². The van der Waals surface area contributed by atoms with Crippen molar-refractivity contribution in [3.63, 3.8) is 0 Å². The Labute approximate surface area is 134 Å². The molecule has 1 heterocycles. The number of rotatable bonds is 4. The standard InChI is InChI=1S/C16H20N2O3S/c1-16(2,3)21-15(20)18-14-17-10-13(22-14)12(19)9-11-7-5-4-6-8-11/h4-8,10,12,19H,9H2,1-3H3,(H,17,18,20). The van der Waals surface area contributed by atoms with Crippen molar-refractivity contribution in [2.75, 3.05) is 5.32 Å². The number of nitrogens with one attached hydrogen (secondary N) is 1. The predicted molar refractivity (Wildman–Crippen MR) is 87.1 cm³/mol. The number of anilines is 1. The number of aliphatic hydroxyl groups is 1. The Morgan fingerprint density at radius 3 is 2.68 bits per heavy atom. The van der Waals surface area contributed by atoms with E-state index in [-0.39, 0.29) is 0 Å². The molecule has 22 heavy (non-hydrogen) atoms. The molecule has 5 nitrogen and oxygen atoms in total. The molecule has 6 heteroatoms. The first kappa shape index (κ1) is 16.5. The molecule has 2 rings (SSSR count). The molecule has 0 radical (unpaired) electrons. The van der Waals surface area contributed by atoms with E-state index in [1.807, 2.05) is 30.3 Å². The van der Waals surface area contributed by atoms with Gasteiger partial charge >= 0.3 is 6.09 Å². The maximum absolute atomic E-state index is 11.7. The van der Waals surface area contributed by atoms with Crippen molar-refractivity contribution in [1.82, 2.24) is 4.98 Å². The van der Waals surface area contributed by atoms with Crippen LogP contribution in [-0.4, -0.2) is 21.8 Å². The molecule has 0 fully saturated rings. The number of ether oxygens (including phenoxy) is 1. The monoisotopic (exact) mass is 320 g/mol. The summed E-state index contributed by atoms with van der Waals surface area (Å²) in [6.45, 7) is 5.39. The van der Waals surface area contributed by atoms with Gasteiger partial charge in [0.25, 0.3) is 0 Å². The number of hydrogen-bond acceptors (Lipinski definition) is 5. The first-order chi connectivity index (χ1) is 10.3. The summed E-state index contributed by atoms with van der Waals surface area (Å²) in [5, 5.41) is 13.2. The zero-order valence-corrected chi connectivity index (χ0v) is 13.7. The van der Waals surface area contributed by atoms with Gasteiger partial charge in [0.1, 0.15) is 5.60 Å². The van der Waals surface area contributed by atoms with Crippen LogP contribution in [0.3, 0.4) is 0 Å². The number of nitrogens with zero attached hydrogens (tertiary/aromatic N) is 1. The molecule has 0 aliphatic carbocycles. The van der Waals surface area contributed by atoms with Crippen molar-refractivity contribution < 1.29 is 14.6 Å². The highest BCUT2D eigenvalue weighted by molar-refractivity contribution is 7.15. The molecule has 2 aromatic rings. The molecule has 1 unspecified atom stereocenters. The van der Waals surface area contributed by atoms with E-state index in [0.29, 0.717) is 16.4 Å². The third kappa shape index (κ3) is 5.13. The van der Waals surface area contributed by atoms with Crippen LogP contribution in [0.5, 0.6) is 0 Å². The van der Waals surface area contributed by atoms with E-state index in [4.69, 9.17) is 4.74 Å². The minimum absolute atomic E-state index is 0.413. The second-order valence-electron chi connectivity index (χ2n) is 5.90. The Hall–Kier alpha value is -1.92. The van der Waals surface area contributed by atoms with Crippen LogP contribution in [0.25, 0.3) is 0 Å².